The number of allylic oxidation sites excluding steroid dienone is 2. The molecule has 0 radical (unpaired) electrons. The minimum absolute atomic E-state index is 0.832. The van der Waals surface area contributed by atoms with E-state index < -0.39 is 0 Å². The van der Waals surface area contributed by atoms with Crippen LogP contribution in [0.5, 0.6) is 0 Å². The molecule has 2 bridgehead atoms. The van der Waals surface area contributed by atoms with Gasteiger partial charge >= 0.3 is 0 Å². The summed E-state index contributed by atoms with van der Waals surface area (Å²) < 4.78 is 0. The van der Waals surface area contributed by atoms with Gasteiger partial charge in [0.25, 0.3) is 0 Å². The number of hydrogen-bond donors (Lipinski definition) is 0. The van der Waals surface area contributed by atoms with Crippen molar-refractivity contribution in [1.82, 2.24) is 0 Å². The Morgan fingerprint density at radius 2 is 2.33 bits per heavy atom. The second-order valence-electron chi connectivity index (χ2n) is 4.16. The Kier molecular flexibility index (Phi) is 0.455. The van der Waals surface area contributed by atoms with E-state index in [0.717, 1.165) is 23.2 Å². The Bertz CT molecular complexity index is 214. The van der Waals surface area contributed by atoms with Crippen LogP contribution in [0.25, 0.3) is 0 Å². The summed E-state index contributed by atoms with van der Waals surface area (Å²) >= 11 is 0. The first-order valence-corrected chi connectivity index (χ1v) is 3.93. The molecule has 2 saturated carbocycles. The molecule has 0 aromatic rings. The maximum Gasteiger partial charge on any atom is -0.0109 e. The zero-order valence-corrected chi connectivity index (χ0v) is 6.02. The molecule has 0 amide bonds. The molecule has 0 N–H and O–H groups in total. The molecule has 48 valence electrons. The predicted molar refractivity (Wildman–Crippen MR) is 37.0 cm³/mol. The summed E-state index contributed by atoms with van der Waals surface area (Å²) in [5.74, 6) is 3.30. The van der Waals surface area contributed by atoms with E-state index in [2.05, 4.69) is 19.9 Å². The minimum atomic E-state index is 0.832. The van der Waals surface area contributed by atoms with Gasteiger partial charge in [0.05, 0.1) is 0 Å². The first-order valence-electron chi connectivity index (χ1n) is 3.93. The van der Waals surface area contributed by atoms with Crippen LogP contribution < -0.4 is 0 Å². The van der Waals surface area contributed by atoms with Crippen molar-refractivity contribution in [3.63, 3.8) is 0 Å². The molecule has 0 aliphatic heterocycles. The van der Waals surface area contributed by atoms with E-state index in [4.69, 9.17) is 0 Å². The lowest BCUT2D eigenvalue weighted by Crippen LogP contribution is -2.12. The van der Waals surface area contributed by atoms with Crippen LogP contribution in [0.15, 0.2) is 11.6 Å². The third-order valence-corrected chi connectivity index (χ3v) is 3.95. The van der Waals surface area contributed by atoms with Crippen molar-refractivity contribution in [1.29, 1.82) is 0 Å². The van der Waals surface area contributed by atoms with Crippen LogP contribution >= 0.6 is 0 Å². The minimum Gasteiger partial charge on any atom is -0.0850 e. The summed E-state index contributed by atoms with van der Waals surface area (Å²) in [7, 11) is 0. The zero-order valence-electron chi connectivity index (χ0n) is 6.02. The molecule has 4 atom stereocenters. The molecule has 4 aliphatic carbocycles. The van der Waals surface area contributed by atoms with Gasteiger partial charge in [-0.15, -0.1) is 0 Å². The first-order chi connectivity index (χ1) is 4.26. The van der Waals surface area contributed by atoms with Gasteiger partial charge in [-0.3, -0.25) is 0 Å². The van der Waals surface area contributed by atoms with Gasteiger partial charge < -0.3 is 0 Å². The van der Waals surface area contributed by atoms with Gasteiger partial charge in [0.2, 0.25) is 0 Å². The fourth-order valence-corrected chi connectivity index (χ4v) is 3.19. The molecule has 0 nitrogen and oxygen atoms in total. The average molecular weight is 120 g/mol. The van der Waals surface area contributed by atoms with Gasteiger partial charge in [-0.2, -0.15) is 0 Å². The van der Waals surface area contributed by atoms with Crippen molar-refractivity contribution < 1.29 is 0 Å². The van der Waals surface area contributed by atoms with Crippen molar-refractivity contribution in [2.24, 2.45) is 23.2 Å². The lowest BCUT2D eigenvalue weighted by atomic mass is 9.84. The summed E-state index contributed by atoms with van der Waals surface area (Å²) in [4.78, 5) is 0. The third kappa shape index (κ3) is 0.270. The highest BCUT2D eigenvalue weighted by Gasteiger charge is 2.83. The van der Waals surface area contributed by atoms with Crippen LogP contribution in [-0.4, -0.2) is 0 Å². The summed E-state index contributed by atoms with van der Waals surface area (Å²) in [6.45, 7) is 4.77. The number of hydrogen-bond acceptors (Lipinski definition) is 0. The molecule has 0 heterocycles. The standard InChI is InChI=1S/C9H12/c1-5-3-4-6-8-7(5)9(6,8)2/h3,6-8H,4H2,1-2H3/t6-,7+,8?,9?/m1/s1. The fourth-order valence-electron chi connectivity index (χ4n) is 3.19. The molecular weight excluding hydrogens is 108 g/mol. The highest BCUT2D eigenvalue weighted by atomic mass is 14.9. The van der Waals surface area contributed by atoms with E-state index in [1.807, 2.05) is 0 Å². The Balaban J connectivity index is 2.08. The van der Waals surface area contributed by atoms with Crippen molar-refractivity contribution in [3.8, 4) is 0 Å². The van der Waals surface area contributed by atoms with Crippen molar-refractivity contribution in [2.45, 2.75) is 20.3 Å². The number of fused-ring (bicyclic) bond motifs is 1. The second kappa shape index (κ2) is 0.902. The van der Waals surface area contributed by atoms with E-state index in [1.165, 1.54) is 6.42 Å². The molecule has 2 unspecified atom stereocenters. The van der Waals surface area contributed by atoms with Crippen molar-refractivity contribution >= 4 is 0 Å². The normalized spacial score (nSPS) is 66.4. The molecule has 0 aromatic carbocycles. The molecule has 4 rings (SSSR count). The zero-order chi connectivity index (χ0) is 6.22. The highest BCUT2D eigenvalue weighted by molar-refractivity contribution is 5.42. The molecule has 2 fully saturated rings. The third-order valence-electron chi connectivity index (χ3n) is 3.95. The van der Waals surface area contributed by atoms with Gasteiger partial charge in [-0.05, 0) is 36.5 Å². The molecule has 0 spiro atoms. The van der Waals surface area contributed by atoms with Crippen LogP contribution in [-0.2, 0) is 0 Å². The van der Waals surface area contributed by atoms with E-state index >= 15 is 0 Å². The van der Waals surface area contributed by atoms with E-state index in [9.17, 15) is 0 Å². The van der Waals surface area contributed by atoms with Crippen LogP contribution in [0.4, 0.5) is 0 Å². The lowest BCUT2D eigenvalue weighted by molar-refractivity contribution is 0.411. The monoisotopic (exact) mass is 120 g/mol. The predicted octanol–water partition coefficient (Wildman–Crippen LogP) is 2.22. The summed E-state index contributed by atoms with van der Waals surface area (Å²) in [5.41, 5.74) is 2.52. The molecular formula is C9H12. The largest absolute Gasteiger partial charge is 0.0850 e. The molecule has 0 saturated heterocycles. The molecule has 4 aliphatic rings. The van der Waals surface area contributed by atoms with E-state index in [-0.39, 0.29) is 0 Å². The van der Waals surface area contributed by atoms with Gasteiger partial charge in [0.15, 0.2) is 0 Å². The Morgan fingerprint density at radius 1 is 1.67 bits per heavy atom. The van der Waals surface area contributed by atoms with Gasteiger partial charge in [0.1, 0.15) is 0 Å². The Hall–Kier alpha value is -0.260. The van der Waals surface area contributed by atoms with Crippen LogP contribution in [0.3, 0.4) is 0 Å². The quantitative estimate of drug-likeness (QED) is 0.430. The summed E-state index contributed by atoms with van der Waals surface area (Å²) in [5, 5.41) is 0. The van der Waals surface area contributed by atoms with Crippen LogP contribution in [0, 0.1) is 23.2 Å². The molecule has 9 heavy (non-hydrogen) atoms. The molecule has 0 aromatic heterocycles. The maximum atomic E-state index is 2.46. The average Bonchev–Trinajstić information content (AvgIpc) is 2.57. The van der Waals surface area contributed by atoms with Crippen molar-refractivity contribution in [2.75, 3.05) is 0 Å². The van der Waals surface area contributed by atoms with E-state index in [0.29, 0.717) is 0 Å². The fraction of sp³-hybridized carbons (Fsp3) is 0.778. The molecule has 0 heteroatoms. The van der Waals surface area contributed by atoms with E-state index in [1.54, 1.807) is 5.57 Å². The summed E-state index contributed by atoms with van der Waals surface area (Å²) in [6, 6.07) is 0. The smallest absolute Gasteiger partial charge is 0.0109 e. The summed E-state index contributed by atoms with van der Waals surface area (Å²) in [6.07, 6.45) is 3.84. The maximum absolute atomic E-state index is 2.46. The lowest BCUT2D eigenvalue weighted by Gasteiger charge is -2.21. The Labute approximate surface area is 56.0 Å². The topological polar surface area (TPSA) is 0 Å². The second-order valence-corrected chi connectivity index (χ2v) is 4.16. The SMILES string of the molecule is CC1=CC[C@@H]2C3[C@H]1C32C. The Morgan fingerprint density at radius 3 is 2.67 bits per heavy atom. The van der Waals surface area contributed by atoms with Crippen LogP contribution in [0.2, 0.25) is 0 Å². The number of rotatable bonds is 0. The van der Waals surface area contributed by atoms with Gasteiger partial charge in [-0.25, -0.2) is 0 Å². The van der Waals surface area contributed by atoms with Gasteiger partial charge in [0, 0.05) is 0 Å². The highest BCUT2D eigenvalue weighted by Crippen LogP contribution is 2.88. The first kappa shape index (κ1) is 4.54. The van der Waals surface area contributed by atoms with Crippen LogP contribution in [0.1, 0.15) is 20.3 Å². The van der Waals surface area contributed by atoms with Gasteiger partial charge in [-0.1, -0.05) is 18.6 Å². The van der Waals surface area contributed by atoms with Crippen molar-refractivity contribution in [3.05, 3.63) is 11.6 Å².